The van der Waals surface area contributed by atoms with Gasteiger partial charge in [0.25, 0.3) is 11.8 Å². The summed E-state index contributed by atoms with van der Waals surface area (Å²) in [6.45, 7) is 4.87. The summed E-state index contributed by atoms with van der Waals surface area (Å²) in [5.74, 6) is 0.226. The van der Waals surface area contributed by atoms with E-state index in [4.69, 9.17) is 16.3 Å². The van der Waals surface area contributed by atoms with Crippen LogP contribution >= 0.6 is 11.6 Å². The van der Waals surface area contributed by atoms with E-state index in [1.165, 1.54) is 0 Å². The molecule has 1 N–H and O–H groups in total. The maximum atomic E-state index is 12.7. The van der Waals surface area contributed by atoms with Crippen LogP contribution in [0.2, 0.25) is 5.02 Å². The second kappa shape index (κ2) is 9.08. The highest BCUT2D eigenvalue weighted by Crippen LogP contribution is 2.24. The number of likely N-dealkylation sites (N-methyl/N-ethyl adjacent to an activating group) is 1. The van der Waals surface area contributed by atoms with E-state index in [-0.39, 0.29) is 18.4 Å². The molecule has 148 valence electrons. The van der Waals surface area contributed by atoms with Crippen LogP contribution in [0.4, 0.5) is 5.69 Å². The van der Waals surface area contributed by atoms with Gasteiger partial charge in [-0.3, -0.25) is 9.59 Å². The van der Waals surface area contributed by atoms with Crippen molar-refractivity contribution in [1.82, 2.24) is 9.80 Å². The SMILES string of the molecule is Cc1cccc(OCC(=O)Nc2cc(C(=O)N3CCN(C)CC3)ccc2Cl)c1. The van der Waals surface area contributed by atoms with Gasteiger partial charge in [0, 0.05) is 31.7 Å². The standard InChI is InChI=1S/C21H24ClN3O3/c1-15-4-3-5-17(12-15)28-14-20(26)23-19-13-16(6-7-18(19)22)21(27)25-10-8-24(2)9-11-25/h3-7,12-13H,8-11,14H2,1-2H3,(H,23,26). The first-order valence-electron chi connectivity index (χ1n) is 9.19. The van der Waals surface area contributed by atoms with Gasteiger partial charge in [0.15, 0.2) is 6.61 Å². The fraction of sp³-hybridized carbons (Fsp3) is 0.333. The highest BCUT2D eigenvalue weighted by molar-refractivity contribution is 6.33. The van der Waals surface area contributed by atoms with E-state index in [0.717, 1.165) is 18.7 Å². The van der Waals surface area contributed by atoms with Gasteiger partial charge in [0.2, 0.25) is 0 Å². The Labute approximate surface area is 170 Å². The zero-order valence-corrected chi connectivity index (χ0v) is 16.8. The number of benzene rings is 2. The predicted octanol–water partition coefficient (Wildman–Crippen LogP) is 3.05. The molecule has 1 saturated heterocycles. The van der Waals surface area contributed by atoms with Crippen LogP contribution < -0.4 is 10.1 Å². The summed E-state index contributed by atoms with van der Waals surface area (Å²) in [5.41, 5.74) is 1.96. The molecule has 2 amide bonds. The molecule has 1 aliphatic heterocycles. The van der Waals surface area contributed by atoms with Gasteiger partial charge in [-0.15, -0.1) is 0 Å². The van der Waals surface area contributed by atoms with Crippen LogP contribution in [0, 0.1) is 6.92 Å². The van der Waals surface area contributed by atoms with Gasteiger partial charge < -0.3 is 19.9 Å². The molecule has 1 aliphatic rings. The van der Waals surface area contributed by atoms with Crippen molar-refractivity contribution in [2.24, 2.45) is 0 Å². The van der Waals surface area contributed by atoms with Crippen LogP contribution in [-0.2, 0) is 4.79 Å². The van der Waals surface area contributed by atoms with E-state index >= 15 is 0 Å². The molecule has 0 radical (unpaired) electrons. The summed E-state index contributed by atoms with van der Waals surface area (Å²) in [6.07, 6.45) is 0. The highest BCUT2D eigenvalue weighted by Gasteiger charge is 2.21. The molecule has 0 aliphatic carbocycles. The summed E-state index contributed by atoms with van der Waals surface area (Å²) in [4.78, 5) is 29.0. The number of aryl methyl sites for hydroxylation is 1. The van der Waals surface area contributed by atoms with Crippen LogP contribution in [-0.4, -0.2) is 61.4 Å². The maximum Gasteiger partial charge on any atom is 0.262 e. The number of hydrogen-bond donors (Lipinski definition) is 1. The number of ether oxygens (including phenoxy) is 1. The molecular formula is C21H24ClN3O3. The zero-order chi connectivity index (χ0) is 20.1. The lowest BCUT2D eigenvalue weighted by atomic mass is 10.1. The maximum absolute atomic E-state index is 12.7. The molecule has 1 fully saturated rings. The first kappa shape index (κ1) is 20.2. The molecule has 6 nitrogen and oxygen atoms in total. The lowest BCUT2D eigenvalue weighted by Crippen LogP contribution is -2.47. The molecule has 0 bridgehead atoms. The Balaban J connectivity index is 1.62. The summed E-state index contributed by atoms with van der Waals surface area (Å²) in [6, 6.07) is 12.4. The smallest absolute Gasteiger partial charge is 0.262 e. The summed E-state index contributed by atoms with van der Waals surface area (Å²) < 4.78 is 5.51. The van der Waals surface area contributed by atoms with Gasteiger partial charge in [-0.2, -0.15) is 0 Å². The first-order chi connectivity index (χ1) is 13.4. The zero-order valence-electron chi connectivity index (χ0n) is 16.1. The molecule has 0 spiro atoms. The average molecular weight is 402 g/mol. The quantitative estimate of drug-likeness (QED) is 0.836. The molecule has 7 heteroatoms. The van der Waals surface area contributed by atoms with Gasteiger partial charge in [-0.1, -0.05) is 23.7 Å². The Hall–Kier alpha value is -2.57. The molecule has 0 saturated carbocycles. The highest BCUT2D eigenvalue weighted by atomic mass is 35.5. The number of nitrogens with one attached hydrogen (secondary N) is 1. The van der Waals surface area contributed by atoms with Gasteiger partial charge >= 0.3 is 0 Å². The van der Waals surface area contributed by atoms with Gasteiger partial charge in [0.05, 0.1) is 10.7 Å². The Morgan fingerprint density at radius 3 is 2.57 bits per heavy atom. The number of piperazine rings is 1. The second-order valence-electron chi connectivity index (χ2n) is 6.94. The Morgan fingerprint density at radius 2 is 1.86 bits per heavy atom. The van der Waals surface area contributed by atoms with Crippen LogP contribution in [0.3, 0.4) is 0 Å². The fourth-order valence-corrected chi connectivity index (χ4v) is 3.15. The number of amides is 2. The van der Waals surface area contributed by atoms with E-state index in [9.17, 15) is 9.59 Å². The normalized spacial score (nSPS) is 14.6. The Morgan fingerprint density at radius 1 is 1.11 bits per heavy atom. The van der Waals surface area contributed by atoms with Crippen molar-refractivity contribution in [3.63, 3.8) is 0 Å². The number of carbonyl (C=O) groups excluding carboxylic acids is 2. The minimum absolute atomic E-state index is 0.0590. The van der Waals surface area contributed by atoms with E-state index in [1.807, 2.05) is 37.1 Å². The van der Waals surface area contributed by atoms with Crippen molar-refractivity contribution < 1.29 is 14.3 Å². The third-order valence-corrected chi connectivity index (χ3v) is 4.97. The average Bonchev–Trinajstić information content (AvgIpc) is 2.68. The predicted molar refractivity (Wildman–Crippen MR) is 110 cm³/mol. The number of anilines is 1. The van der Waals surface area contributed by atoms with Crippen LogP contribution in [0.1, 0.15) is 15.9 Å². The molecule has 3 rings (SSSR count). The molecular weight excluding hydrogens is 378 g/mol. The van der Waals surface area contributed by atoms with Crippen molar-refractivity contribution in [2.45, 2.75) is 6.92 Å². The first-order valence-corrected chi connectivity index (χ1v) is 9.57. The number of rotatable bonds is 5. The number of halogens is 1. The Bertz CT molecular complexity index is 864. The monoisotopic (exact) mass is 401 g/mol. The summed E-state index contributed by atoms with van der Waals surface area (Å²) >= 11 is 6.20. The molecule has 28 heavy (non-hydrogen) atoms. The van der Waals surface area contributed by atoms with Crippen molar-refractivity contribution in [1.29, 1.82) is 0 Å². The van der Waals surface area contributed by atoms with Crippen LogP contribution in [0.15, 0.2) is 42.5 Å². The van der Waals surface area contributed by atoms with Crippen molar-refractivity contribution in [2.75, 3.05) is 45.2 Å². The van der Waals surface area contributed by atoms with E-state index in [1.54, 1.807) is 24.3 Å². The molecule has 0 atom stereocenters. The third-order valence-electron chi connectivity index (χ3n) is 4.64. The minimum atomic E-state index is -0.340. The minimum Gasteiger partial charge on any atom is -0.484 e. The number of nitrogens with zero attached hydrogens (tertiary/aromatic N) is 2. The van der Waals surface area contributed by atoms with Gasteiger partial charge in [-0.05, 0) is 49.9 Å². The number of carbonyl (C=O) groups is 2. The van der Waals surface area contributed by atoms with Crippen molar-refractivity contribution >= 4 is 29.1 Å². The summed E-state index contributed by atoms with van der Waals surface area (Å²) in [7, 11) is 2.04. The summed E-state index contributed by atoms with van der Waals surface area (Å²) in [5, 5.41) is 3.10. The van der Waals surface area contributed by atoms with Crippen molar-refractivity contribution in [3.05, 3.63) is 58.6 Å². The fourth-order valence-electron chi connectivity index (χ4n) is 2.99. The number of hydrogen-bond acceptors (Lipinski definition) is 4. The van der Waals surface area contributed by atoms with Crippen LogP contribution in [0.5, 0.6) is 5.75 Å². The topological polar surface area (TPSA) is 61.9 Å². The molecule has 2 aromatic rings. The van der Waals surface area contributed by atoms with Crippen LogP contribution in [0.25, 0.3) is 0 Å². The van der Waals surface area contributed by atoms with Gasteiger partial charge in [-0.25, -0.2) is 0 Å². The molecule has 0 unspecified atom stereocenters. The second-order valence-corrected chi connectivity index (χ2v) is 7.35. The molecule has 0 aromatic heterocycles. The molecule has 1 heterocycles. The van der Waals surface area contributed by atoms with E-state index in [0.29, 0.717) is 35.1 Å². The lowest BCUT2D eigenvalue weighted by Gasteiger charge is -2.32. The third kappa shape index (κ3) is 5.24. The van der Waals surface area contributed by atoms with Gasteiger partial charge in [0.1, 0.15) is 5.75 Å². The largest absolute Gasteiger partial charge is 0.484 e. The lowest BCUT2D eigenvalue weighted by molar-refractivity contribution is -0.118. The van der Waals surface area contributed by atoms with E-state index in [2.05, 4.69) is 10.2 Å². The van der Waals surface area contributed by atoms with E-state index < -0.39 is 0 Å². The van der Waals surface area contributed by atoms with Crippen molar-refractivity contribution in [3.8, 4) is 5.75 Å². The molecule has 2 aromatic carbocycles. The Kier molecular flexibility index (Phi) is 6.54.